The van der Waals surface area contributed by atoms with Gasteiger partial charge in [0.2, 0.25) is 5.91 Å². The lowest BCUT2D eigenvalue weighted by atomic mass is 10.0. The van der Waals surface area contributed by atoms with E-state index in [2.05, 4.69) is 15.4 Å². The van der Waals surface area contributed by atoms with Crippen molar-refractivity contribution in [1.29, 1.82) is 0 Å². The summed E-state index contributed by atoms with van der Waals surface area (Å²) in [5, 5.41) is 6.93. The fourth-order valence-electron chi connectivity index (χ4n) is 3.62. The monoisotopic (exact) mass is 427 g/mol. The van der Waals surface area contributed by atoms with Crippen molar-refractivity contribution in [2.45, 2.75) is 19.3 Å². The predicted octanol–water partition coefficient (Wildman–Crippen LogP) is 4.01. The molecule has 31 heavy (non-hydrogen) atoms. The number of alkyl halides is 3. The van der Waals surface area contributed by atoms with Crippen LogP contribution < -0.4 is 5.32 Å². The molecule has 0 radical (unpaired) electrons. The van der Waals surface area contributed by atoms with Crippen LogP contribution in [0, 0.1) is 0 Å². The van der Waals surface area contributed by atoms with Crippen LogP contribution in [0.3, 0.4) is 0 Å². The smallest absolute Gasteiger partial charge is 0.323 e. The molecule has 1 aliphatic rings. The molecule has 0 unspecified atom stereocenters. The normalized spacial score (nSPS) is 14.2. The SMILES string of the molecule is Cn1cc(-c2ccncc2/C=C/C(=O)Nc2ccc3c(c2)CN(CC(F)(F)F)C3)cn1. The first kappa shape index (κ1) is 20.8. The highest BCUT2D eigenvalue weighted by Gasteiger charge is 2.33. The fraction of sp³-hybridized carbons (Fsp3) is 0.227. The Morgan fingerprint density at radius 3 is 2.74 bits per heavy atom. The van der Waals surface area contributed by atoms with Crippen molar-refractivity contribution in [2.75, 3.05) is 11.9 Å². The first-order valence-corrected chi connectivity index (χ1v) is 9.60. The van der Waals surface area contributed by atoms with Gasteiger partial charge in [-0.1, -0.05) is 6.07 Å². The lowest BCUT2D eigenvalue weighted by molar-refractivity contribution is -0.147. The standard InChI is InChI=1S/C22H20F3N5O/c1-29-11-18(10-27-29)20-6-7-26-9-15(20)3-5-21(31)28-19-4-2-16-12-30(13-17(16)8-19)14-22(23,24)25/h2-11H,12-14H2,1H3,(H,28,31)/b5-3+. The highest BCUT2D eigenvalue weighted by atomic mass is 19.4. The predicted molar refractivity (Wildman–Crippen MR) is 111 cm³/mol. The lowest BCUT2D eigenvalue weighted by Crippen LogP contribution is -2.29. The zero-order valence-corrected chi connectivity index (χ0v) is 16.7. The number of aryl methyl sites for hydroxylation is 1. The van der Waals surface area contributed by atoms with Gasteiger partial charge in [-0.2, -0.15) is 18.3 Å². The molecule has 6 nitrogen and oxygen atoms in total. The molecule has 3 heterocycles. The molecule has 1 N–H and O–H groups in total. The molecule has 0 bridgehead atoms. The summed E-state index contributed by atoms with van der Waals surface area (Å²) in [5.41, 5.74) is 4.75. The summed E-state index contributed by atoms with van der Waals surface area (Å²) in [6, 6.07) is 7.03. The van der Waals surface area contributed by atoms with Gasteiger partial charge in [0.05, 0.1) is 12.7 Å². The van der Waals surface area contributed by atoms with Gasteiger partial charge in [0, 0.05) is 61.6 Å². The third-order valence-electron chi connectivity index (χ3n) is 4.95. The van der Waals surface area contributed by atoms with E-state index >= 15 is 0 Å². The van der Waals surface area contributed by atoms with Gasteiger partial charge >= 0.3 is 6.18 Å². The van der Waals surface area contributed by atoms with Crippen LogP contribution in [-0.4, -0.2) is 38.3 Å². The summed E-state index contributed by atoms with van der Waals surface area (Å²) in [4.78, 5) is 17.8. The number of anilines is 1. The van der Waals surface area contributed by atoms with Crippen molar-refractivity contribution in [2.24, 2.45) is 7.05 Å². The van der Waals surface area contributed by atoms with Crippen LogP contribution in [0.4, 0.5) is 18.9 Å². The van der Waals surface area contributed by atoms with Crippen LogP contribution in [0.1, 0.15) is 16.7 Å². The molecule has 0 spiro atoms. The second-order valence-electron chi connectivity index (χ2n) is 7.43. The maximum absolute atomic E-state index is 12.6. The molecule has 0 atom stereocenters. The fourth-order valence-corrected chi connectivity index (χ4v) is 3.62. The summed E-state index contributed by atoms with van der Waals surface area (Å²) < 4.78 is 39.6. The number of aromatic nitrogens is 3. The van der Waals surface area contributed by atoms with Crippen molar-refractivity contribution in [1.82, 2.24) is 19.7 Å². The van der Waals surface area contributed by atoms with Crippen LogP contribution >= 0.6 is 0 Å². The Morgan fingerprint density at radius 2 is 2.00 bits per heavy atom. The molecule has 9 heteroatoms. The van der Waals surface area contributed by atoms with Gasteiger partial charge in [0.1, 0.15) is 0 Å². The third-order valence-corrected chi connectivity index (χ3v) is 4.95. The summed E-state index contributed by atoms with van der Waals surface area (Å²) in [6.07, 6.45) is 5.79. The minimum absolute atomic E-state index is 0.207. The number of amides is 1. The molecule has 0 saturated heterocycles. The van der Waals surface area contributed by atoms with Crippen molar-refractivity contribution in [3.8, 4) is 11.1 Å². The van der Waals surface area contributed by atoms with Gasteiger partial charge in [0.15, 0.2) is 0 Å². The number of halogens is 3. The Labute approximate surface area is 177 Å². The number of benzene rings is 1. The number of nitrogens with zero attached hydrogens (tertiary/aromatic N) is 4. The van der Waals surface area contributed by atoms with Crippen molar-refractivity contribution < 1.29 is 18.0 Å². The van der Waals surface area contributed by atoms with Crippen LogP contribution in [0.25, 0.3) is 17.2 Å². The van der Waals surface area contributed by atoms with E-state index in [1.807, 2.05) is 19.3 Å². The Morgan fingerprint density at radius 1 is 1.19 bits per heavy atom. The first-order valence-electron chi connectivity index (χ1n) is 9.60. The minimum atomic E-state index is -4.23. The molecule has 1 aromatic carbocycles. The number of pyridine rings is 1. The highest BCUT2D eigenvalue weighted by Crippen LogP contribution is 2.29. The maximum Gasteiger partial charge on any atom is 0.401 e. The van der Waals surface area contributed by atoms with Crippen LogP contribution in [-0.2, 0) is 24.9 Å². The van der Waals surface area contributed by atoms with E-state index in [-0.39, 0.29) is 19.0 Å². The number of hydrogen-bond acceptors (Lipinski definition) is 4. The first-order chi connectivity index (χ1) is 14.8. The molecule has 3 aromatic rings. The number of carbonyl (C=O) groups is 1. The molecule has 0 aliphatic carbocycles. The van der Waals surface area contributed by atoms with E-state index in [0.717, 1.165) is 27.8 Å². The molecule has 1 amide bonds. The second-order valence-corrected chi connectivity index (χ2v) is 7.43. The molecule has 0 fully saturated rings. The number of rotatable bonds is 5. The third kappa shape index (κ3) is 5.18. The van der Waals surface area contributed by atoms with Crippen LogP contribution in [0.2, 0.25) is 0 Å². The molecular formula is C22H20F3N5O. The topological polar surface area (TPSA) is 63.1 Å². The van der Waals surface area contributed by atoms with Crippen molar-refractivity contribution in [3.63, 3.8) is 0 Å². The molecule has 4 rings (SSSR count). The maximum atomic E-state index is 12.6. The Bertz CT molecular complexity index is 1140. The molecule has 1 aliphatic heterocycles. The number of hydrogen-bond donors (Lipinski definition) is 1. The van der Waals surface area contributed by atoms with Crippen LogP contribution in [0.5, 0.6) is 0 Å². The van der Waals surface area contributed by atoms with E-state index in [9.17, 15) is 18.0 Å². The number of fused-ring (bicyclic) bond motifs is 1. The van der Waals surface area contributed by atoms with Gasteiger partial charge in [-0.3, -0.25) is 19.4 Å². The second kappa shape index (κ2) is 8.35. The summed E-state index contributed by atoms with van der Waals surface area (Å²) in [6.45, 7) is -0.490. The Balaban J connectivity index is 1.43. The lowest BCUT2D eigenvalue weighted by Gasteiger charge is -2.16. The van der Waals surface area contributed by atoms with Gasteiger partial charge in [0.25, 0.3) is 0 Å². The molecule has 160 valence electrons. The zero-order chi connectivity index (χ0) is 22.0. The van der Waals surface area contributed by atoms with Gasteiger partial charge in [-0.25, -0.2) is 0 Å². The largest absolute Gasteiger partial charge is 0.401 e. The van der Waals surface area contributed by atoms with Gasteiger partial charge in [-0.15, -0.1) is 0 Å². The summed E-state index contributed by atoms with van der Waals surface area (Å²) in [7, 11) is 1.83. The average Bonchev–Trinajstić information content (AvgIpc) is 3.30. The summed E-state index contributed by atoms with van der Waals surface area (Å²) in [5.74, 6) is -0.342. The van der Waals surface area contributed by atoms with Crippen molar-refractivity contribution in [3.05, 3.63) is 71.8 Å². The molecular weight excluding hydrogens is 407 g/mol. The zero-order valence-electron chi connectivity index (χ0n) is 16.7. The summed E-state index contributed by atoms with van der Waals surface area (Å²) >= 11 is 0. The average molecular weight is 427 g/mol. The van der Waals surface area contributed by atoms with E-state index in [0.29, 0.717) is 5.69 Å². The highest BCUT2D eigenvalue weighted by molar-refractivity contribution is 6.02. The van der Waals surface area contributed by atoms with E-state index < -0.39 is 12.7 Å². The van der Waals surface area contributed by atoms with Gasteiger partial charge in [-0.05, 0) is 41.0 Å². The number of carbonyl (C=O) groups excluding carboxylic acids is 1. The Hall–Kier alpha value is -3.46. The van der Waals surface area contributed by atoms with E-state index in [1.165, 1.54) is 11.0 Å². The van der Waals surface area contributed by atoms with Crippen LogP contribution in [0.15, 0.2) is 55.1 Å². The molecule has 0 saturated carbocycles. The quantitative estimate of drug-likeness (QED) is 0.625. The minimum Gasteiger partial charge on any atom is -0.323 e. The van der Waals surface area contributed by atoms with E-state index in [1.54, 1.807) is 47.5 Å². The number of nitrogens with one attached hydrogen (secondary N) is 1. The van der Waals surface area contributed by atoms with E-state index in [4.69, 9.17) is 0 Å². The Kier molecular flexibility index (Phi) is 5.60. The van der Waals surface area contributed by atoms with Crippen molar-refractivity contribution >= 4 is 17.7 Å². The van der Waals surface area contributed by atoms with Gasteiger partial charge < -0.3 is 5.32 Å². The molecule has 2 aromatic heterocycles.